The number of aliphatic carboxylic acids is 1. The van der Waals surface area contributed by atoms with Crippen molar-refractivity contribution in [3.8, 4) is 11.6 Å². The Balaban J connectivity index is 1.46. The van der Waals surface area contributed by atoms with Gasteiger partial charge in [0.2, 0.25) is 11.8 Å². The van der Waals surface area contributed by atoms with Crippen LogP contribution in [-0.2, 0) is 19.1 Å². The molecule has 2 aliphatic rings. The quantitative estimate of drug-likeness (QED) is 0.342. The molecule has 15 heteroatoms. The summed E-state index contributed by atoms with van der Waals surface area (Å²) in [6, 6.07) is 9.19. The molecule has 0 spiro atoms. The molecular formula is C30H41N7O8. The normalized spacial score (nSPS) is 16.2. The van der Waals surface area contributed by atoms with Crippen LogP contribution in [0.5, 0.6) is 5.88 Å². The summed E-state index contributed by atoms with van der Waals surface area (Å²) in [7, 11) is 0. The Labute approximate surface area is 261 Å². The van der Waals surface area contributed by atoms with Crippen LogP contribution >= 0.6 is 0 Å². The highest BCUT2D eigenvalue weighted by atomic mass is 16.6. The molecule has 1 aromatic carbocycles. The Kier molecular flexibility index (Phi) is 11.7. The Morgan fingerprint density at radius 1 is 0.911 bits per heavy atom. The van der Waals surface area contributed by atoms with Crippen molar-refractivity contribution in [2.45, 2.75) is 32.7 Å². The number of carboxylic acid groups (broad SMARTS) is 1. The van der Waals surface area contributed by atoms with Gasteiger partial charge in [-0.25, -0.2) is 9.48 Å². The minimum atomic E-state index is -1.14. The number of hydrogen-bond donors (Lipinski definition) is 2. The van der Waals surface area contributed by atoms with E-state index < -0.39 is 29.9 Å². The van der Waals surface area contributed by atoms with E-state index in [2.05, 4.69) is 22.2 Å². The van der Waals surface area contributed by atoms with Gasteiger partial charge in [-0.1, -0.05) is 25.1 Å². The van der Waals surface area contributed by atoms with E-state index in [4.69, 9.17) is 9.47 Å². The maximum absolute atomic E-state index is 13.4. The van der Waals surface area contributed by atoms with Gasteiger partial charge in [-0.15, -0.1) is 0 Å². The molecule has 15 nitrogen and oxygen atoms in total. The van der Waals surface area contributed by atoms with Crippen LogP contribution in [-0.4, -0.2) is 142 Å². The first-order chi connectivity index (χ1) is 21.7. The van der Waals surface area contributed by atoms with Crippen molar-refractivity contribution < 1.29 is 38.6 Å². The highest BCUT2D eigenvalue weighted by Crippen LogP contribution is 2.20. The van der Waals surface area contributed by atoms with Crippen LogP contribution in [0.3, 0.4) is 0 Å². The van der Waals surface area contributed by atoms with Crippen molar-refractivity contribution in [3.05, 3.63) is 42.1 Å². The van der Waals surface area contributed by atoms with Gasteiger partial charge in [-0.05, 0) is 32.0 Å². The Morgan fingerprint density at radius 2 is 1.56 bits per heavy atom. The number of likely N-dealkylation sites (N-methyl/N-ethyl adjacent to an activating group) is 1. The number of amides is 4. The average molecular weight is 628 g/mol. The lowest BCUT2D eigenvalue weighted by molar-refractivity contribution is -0.138. The molecule has 2 aromatic rings. The van der Waals surface area contributed by atoms with E-state index in [1.54, 1.807) is 36.1 Å². The van der Waals surface area contributed by atoms with Crippen LogP contribution in [0, 0.1) is 0 Å². The van der Waals surface area contributed by atoms with Gasteiger partial charge in [0.25, 0.3) is 11.8 Å². The summed E-state index contributed by atoms with van der Waals surface area (Å²) in [5, 5.41) is 16.3. The number of carbonyl (C=O) groups is 5. The minimum Gasteiger partial charge on any atom is -0.481 e. The summed E-state index contributed by atoms with van der Waals surface area (Å²) >= 11 is 0. The van der Waals surface area contributed by atoms with Crippen molar-refractivity contribution in [1.29, 1.82) is 0 Å². The molecular weight excluding hydrogens is 586 g/mol. The Morgan fingerprint density at radius 3 is 2.18 bits per heavy atom. The van der Waals surface area contributed by atoms with Gasteiger partial charge in [0, 0.05) is 64.8 Å². The zero-order valence-electron chi connectivity index (χ0n) is 25.7. The summed E-state index contributed by atoms with van der Waals surface area (Å²) in [4.78, 5) is 70.1. The van der Waals surface area contributed by atoms with Crippen molar-refractivity contribution in [3.63, 3.8) is 0 Å². The zero-order valence-corrected chi connectivity index (χ0v) is 25.7. The van der Waals surface area contributed by atoms with Gasteiger partial charge in [0.05, 0.1) is 12.3 Å². The van der Waals surface area contributed by atoms with Crippen molar-refractivity contribution >= 4 is 29.8 Å². The van der Waals surface area contributed by atoms with E-state index in [1.807, 2.05) is 6.07 Å². The summed E-state index contributed by atoms with van der Waals surface area (Å²) < 4.78 is 12.3. The van der Waals surface area contributed by atoms with Gasteiger partial charge >= 0.3 is 12.1 Å². The fraction of sp³-hybridized carbons (Fsp3) is 0.533. The third-order valence-electron chi connectivity index (χ3n) is 7.79. The van der Waals surface area contributed by atoms with E-state index >= 15 is 0 Å². The lowest BCUT2D eigenvalue weighted by Gasteiger charge is -2.35. The fourth-order valence-corrected chi connectivity index (χ4v) is 5.17. The van der Waals surface area contributed by atoms with Crippen LogP contribution in [0.2, 0.25) is 0 Å². The number of para-hydroxylation sites is 1. The minimum absolute atomic E-state index is 0.0712. The molecule has 0 radical (unpaired) electrons. The summed E-state index contributed by atoms with van der Waals surface area (Å²) in [6.45, 7) is 8.40. The number of carbonyl (C=O) groups excluding carboxylic acids is 4. The second kappa shape index (κ2) is 15.9. The van der Waals surface area contributed by atoms with Gasteiger partial charge in [-0.3, -0.25) is 19.2 Å². The van der Waals surface area contributed by atoms with E-state index in [0.29, 0.717) is 18.8 Å². The molecule has 2 saturated heterocycles. The highest BCUT2D eigenvalue weighted by molar-refractivity contribution is 5.96. The van der Waals surface area contributed by atoms with Crippen LogP contribution < -0.4 is 10.1 Å². The van der Waals surface area contributed by atoms with Gasteiger partial charge in [0.1, 0.15) is 6.04 Å². The van der Waals surface area contributed by atoms with Gasteiger partial charge in [0.15, 0.2) is 12.3 Å². The molecule has 4 rings (SSSR count). The first kappa shape index (κ1) is 33.2. The zero-order chi connectivity index (χ0) is 32.3. The first-order valence-electron chi connectivity index (χ1n) is 15.2. The van der Waals surface area contributed by atoms with Crippen LogP contribution in [0.1, 0.15) is 37.2 Å². The van der Waals surface area contributed by atoms with Crippen LogP contribution in [0.25, 0.3) is 5.69 Å². The maximum Gasteiger partial charge on any atom is 0.409 e. The SMILES string of the molecule is CCOC(=O)N1CCN(C(=O)[C@H](CCC(=O)O)NC(=O)c2cc(OCC(=O)N3CCN(CC)CC3)n(-c3ccccc3)n2)CC1. The number of nitrogens with zero attached hydrogens (tertiary/aromatic N) is 6. The van der Waals surface area contributed by atoms with Crippen molar-refractivity contribution in [1.82, 2.24) is 34.7 Å². The van der Waals surface area contributed by atoms with E-state index in [-0.39, 0.29) is 69.7 Å². The first-order valence-corrected chi connectivity index (χ1v) is 15.2. The fourth-order valence-electron chi connectivity index (χ4n) is 5.17. The molecule has 45 heavy (non-hydrogen) atoms. The Bertz CT molecular complexity index is 1340. The largest absolute Gasteiger partial charge is 0.481 e. The van der Waals surface area contributed by atoms with E-state index in [0.717, 1.165) is 19.6 Å². The number of hydrogen-bond acceptors (Lipinski definition) is 9. The molecule has 0 saturated carbocycles. The number of piperazine rings is 2. The lowest BCUT2D eigenvalue weighted by Crippen LogP contribution is -2.56. The second-order valence-corrected chi connectivity index (χ2v) is 10.7. The number of ether oxygens (including phenoxy) is 2. The third kappa shape index (κ3) is 8.94. The molecule has 244 valence electrons. The predicted octanol–water partition coefficient (Wildman–Crippen LogP) is 0.679. The number of rotatable bonds is 12. The number of benzene rings is 1. The van der Waals surface area contributed by atoms with Gasteiger partial charge in [-0.2, -0.15) is 5.10 Å². The monoisotopic (exact) mass is 627 g/mol. The summed E-state index contributed by atoms with van der Waals surface area (Å²) in [5.41, 5.74) is 0.520. The van der Waals surface area contributed by atoms with E-state index in [9.17, 15) is 29.1 Å². The molecule has 0 unspecified atom stereocenters. The number of carboxylic acids is 1. The number of aromatic nitrogens is 2. The Hall–Kier alpha value is -4.66. The molecule has 3 heterocycles. The third-order valence-corrected chi connectivity index (χ3v) is 7.79. The summed E-state index contributed by atoms with van der Waals surface area (Å²) in [5.74, 6) is -2.29. The summed E-state index contributed by atoms with van der Waals surface area (Å²) in [6.07, 6.45) is -0.949. The molecule has 1 aromatic heterocycles. The highest BCUT2D eigenvalue weighted by Gasteiger charge is 2.32. The predicted molar refractivity (Wildman–Crippen MR) is 161 cm³/mol. The van der Waals surface area contributed by atoms with Gasteiger partial charge < -0.3 is 39.5 Å². The molecule has 2 fully saturated rings. The van der Waals surface area contributed by atoms with Crippen molar-refractivity contribution in [2.24, 2.45) is 0 Å². The topological polar surface area (TPSA) is 167 Å². The average Bonchev–Trinajstić information content (AvgIpc) is 3.50. The number of nitrogens with one attached hydrogen (secondary N) is 1. The lowest BCUT2D eigenvalue weighted by atomic mass is 10.1. The molecule has 1 atom stereocenters. The molecule has 0 aliphatic carbocycles. The van der Waals surface area contributed by atoms with Crippen LogP contribution in [0.15, 0.2) is 36.4 Å². The molecule has 2 N–H and O–H groups in total. The smallest absolute Gasteiger partial charge is 0.409 e. The standard InChI is InChI=1S/C30H41N7O8/c1-3-33-12-14-34(15-13-33)25(38)21-45-26-20-24(32-37(26)22-8-6-5-7-9-22)28(41)31-23(10-11-27(39)40)29(42)35-16-18-36(19-17-35)30(43)44-4-2/h5-9,20,23H,3-4,10-19,21H2,1-2H3,(H,31,41)(H,39,40)/t23-/m0/s1. The molecule has 4 amide bonds. The van der Waals surface area contributed by atoms with E-state index in [1.165, 1.54) is 20.5 Å². The van der Waals surface area contributed by atoms with Crippen LogP contribution in [0.4, 0.5) is 4.79 Å². The maximum atomic E-state index is 13.4. The molecule has 2 aliphatic heterocycles. The second-order valence-electron chi connectivity index (χ2n) is 10.7. The molecule has 0 bridgehead atoms. The van der Waals surface area contributed by atoms with Crippen molar-refractivity contribution in [2.75, 3.05) is 72.1 Å².